The third-order valence-electron chi connectivity index (χ3n) is 3.52. The second kappa shape index (κ2) is 6.71. The average molecular weight is 294 g/mol. The van der Waals surface area contributed by atoms with E-state index in [1.165, 1.54) is 0 Å². The highest BCUT2D eigenvalue weighted by Gasteiger charge is 2.33. The normalized spacial score (nSPS) is 18.6. The van der Waals surface area contributed by atoms with E-state index in [2.05, 4.69) is 10.5 Å². The second-order valence-electron chi connectivity index (χ2n) is 5.69. The smallest absolute Gasteiger partial charge is 0.225 e. The zero-order chi connectivity index (χ0) is 15.4. The van der Waals surface area contributed by atoms with Crippen molar-refractivity contribution in [2.45, 2.75) is 19.9 Å². The molecular formula is C14H22N4O3. The Hall–Kier alpha value is -1.89. The Balaban J connectivity index is 1.79. The largest absolute Gasteiger partial charge is 0.361 e. The van der Waals surface area contributed by atoms with E-state index in [0.717, 1.165) is 6.54 Å². The Morgan fingerprint density at radius 3 is 2.95 bits per heavy atom. The highest BCUT2D eigenvalue weighted by atomic mass is 16.5. The van der Waals surface area contributed by atoms with E-state index in [9.17, 15) is 9.59 Å². The maximum absolute atomic E-state index is 12.1. The van der Waals surface area contributed by atoms with Crippen LogP contribution >= 0.6 is 0 Å². The molecule has 2 heterocycles. The van der Waals surface area contributed by atoms with E-state index >= 15 is 0 Å². The van der Waals surface area contributed by atoms with Gasteiger partial charge in [0.1, 0.15) is 11.5 Å². The lowest BCUT2D eigenvalue weighted by Crippen LogP contribution is -2.35. The number of hydrogen-bond donors (Lipinski definition) is 1. The molecule has 21 heavy (non-hydrogen) atoms. The number of aromatic nitrogens is 1. The molecule has 1 aliphatic rings. The molecule has 0 unspecified atom stereocenters. The number of likely N-dealkylation sites (N-methyl/N-ethyl adjacent to an activating group) is 1. The minimum Gasteiger partial charge on any atom is -0.361 e. The Morgan fingerprint density at radius 1 is 1.57 bits per heavy atom. The lowest BCUT2D eigenvalue weighted by Gasteiger charge is -2.19. The number of nitrogens with one attached hydrogen (secondary N) is 1. The molecule has 1 atom stereocenters. The van der Waals surface area contributed by atoms with Crippen molar-refractivity contribution in [2.24, 2.45) is 5.92 Å². The Kier molecular flexibility index (Phi) is 4.95. The van der Waals surface area contributed by atoms with E-state index in [0.29, 0.717) is 31.1 Å². The maximum Gasteiger partial charge on any atom is 0.225 e. The topological polar surface area (TPSA) is 78.7 Å². The Labute approximate surface area is 124 Å². The molecule has 1 N–H and O–H groups in total. The standard InChI is InChI=1S/C14H22N4O3/c1-10-6-12(16-21-10)8-15-14(20)11-7-13(19)18(9-11)5-4-17(2)3/h6,11H,4-5,7-9H2,1-3H3,(H,15,20)/t11-/m0/s1. The monoisotopic (exact) mass is 294 g/mol. The molecule has 7 nitrogen and oxygen atoms in total. The van der Waals surface area contributed by atoms with Crippen LogP contribution in [0.4, 0.5) is 0 Å². The summed E-state index contributed by atoms with van der Waals surface area (Å²) in [5.41, 5.74) is 0.689. The van der Waals surface area contributed by atoms with Crippen LogP contribution in [0.5, 0.6) is 0 Å². The van der Waals surface area contributed by atoms with Crippen molar-refractivity contribution in [3.63, 3.8) is 0 Å². The van der Waals surface area contributed by atoms with Gasteiger partial charge in [0.25, 0.3) is 0 Å². The fourth-order valence-corrected chi connectivity index (χ4v) is 2.31. The number of hydrogen-bond acceptors (Lipinski definition) is 5. The molecule has 0 saturated carbocycles. The highest BCUT2D eigenvalue weighted by Crippen LogP contribution is 2.17. The molecule has 0 radical (unpaired) electrons. The van der Waals surface area contributed by atoms with Gasteiger partial charge in [-0.3, -0.25) is 9.59 Å². The number of carbonyl (C=O) groups excluding carboxylic acids is 2. The van der Waals surface area contributed by atoms with Crippen LogP contribution in [0.25, 0.3) is 0 Å². The van der Waals surface area contributed by atoms with Gasteiger partial charge in [-0.05, 0) is 21.0 Å². The van der Waals surface area contributed by atoms with Gasteiger partial charge in [0.2, 0.25) is 11.8 Å². The van der Waals surface area contributed by atoms with E-state index < -0.39 is 0 Å². The third kappa shape index (κ3) is 4.29. The average Bonchev–Trinajstić information content (AvgIpc) is 3.00. The Bertz CT molecular complexity index is 512. The van der Waals surface area contributed by atoms with Crippen LogP contribution in [0, 0.1) is 12.8 Å². The van der Waals surface area contributed by atoms with Gasteiger partial charge in [0.05, 0.1) is 12.5 Å². The van der Waals surface area contributed by atoms with Crippen LogP contribution in [0.1, 0.15) is 17.9 Å². The van der Waals surface area contributed by atoms with Gasteiger partial charge in [-0.2, -0.15) is 0 Å². The molecule has 1 aromatic heterocycles. The SMILES string of the molecule is Cc1cc(CNC(=O)[C@H]2CC(=O)N(CCN(C)C)C2)no1. The van der Waals surface area contributed by atoms with Gasteiger partial charge in [0.15, 0.2) is 0 Å². The summed E-state index contributed by atoms with van der Waals surface area (Å²) in [5.74, 6) is 0.392. The molecule has 0 bridgehead atoms. The lowest BCUT2D eigenvalue weighted by atomic mass is 10.1. The molecule has 7 heteroatoms. The molecule has 116 valence electrons. The van der Waals surface area contributed by atoms with Crippen molar-refractivity contribution in [3.05, 3.63) is 17.5 Å². The van der Waals surface area contributed by atoms with Crippen LogP contribution < -0.4 is 5.32 Å². The number of nitrogens with zero attached hydrogens (tertiary/aromatic N) is 3. The first kappa shape index (κ1) is 15.5. The minimum absolute atomic E-state index is 0.0503. The number of amides is 2. The first-order valence-electron chi connectivity index (χ1n) is 7.08. The molecule has 1 fully saturated rings. The molecule has 2 amide bonds. The van der Waals surface area contributed by atoms with E-state index in [4.69, 9.17) is 4.52 Å². The molecule has 0 aliphatic carbocycles. The van der Waals surface area contributed by atoms with E-state index in [-0.39, 0.29) is 24.2 Å². The molecule has 1 aromatic rings. The summed E-state index contributed by atoms with van der Waals surface area (Å²) in [7, 11) is 3.93. The first-order chi connectivity index (χ1) is 9.95. The van der Waals surface area contributed by atoms with Crippen molar-refractivity contribution in [1.29, 1.82) is 0 Å². The zero-order valence-electron chi connectivity index (χ0n) is 12.8. The van der Waals surface area contributed by atoms with Crippen molar-refractivity contribution in [1.82, 2.24) is 20.3 Å². The van der Waals surface area contributed by atoms with Gasteiger partial charge < -0.3 is 19.6 Å². The summed E-state index contributed by atoms with van der Waals surface area (Å²) in [6.07, 6.45) is 0.289. The summed E-state index contributed by atoms with van der Waals surface area (Å²) >= 11 is 0. The Morgan fingerprint density at radius 2 is 2.33 bits per heavy atom. The maximum atomic E-state index is 12.1. The summed E-state index contributed by atoms with van der Waals surface area (Å²) in [6.45, 7) is 4.10. The number of carbonyl (C=O) groups is 2. The predicted octanol–water partition coefficient (Wildman–Crippen LogP) is 0.00932. The molecule has 2 rings (SSSR count). The summed E-state index contributed by atoms with van der Waals surface area (Å²) in [4.78, 5) is 27.8. The van der Waals surface area contributed by atoms with Crippen molar-refractivity contribution in [2.75, 3.05) is 33.7 Å². The lowest BCUT2D eigenvalue weighted by molar-refractivity contribution is -0.129. The van der Waals surface area contributed by atoms with Crippen LogP contribution in [0.2, 0.25) is 0 Å². The van der Waals surface area contributed by atoms with E-state index in [1.807, 2.05) is 19.0 Å². The fourth-order valence-electron chi connectivity index (χ4n) is 2.31. The van der Waals surface area contributed by atoms with Crippen molar-refractivity contribution >= 4 is 11.8 Å². The van der Waals surface area contributed by atoms with Gasteiger partial charge in [0, 0.05) is 32.1 Å². The predicted molar refractivity (Wildman–Crippen MR) is 76.3 cm³/mol. The molecule has 0 spiro atoms. The first-order valence-corrected chi connectivity index (χ1v) is 7.08. The molecule has 1 aliphatic heterocycles. The van der Waals surface area contributed by atoms with Crippen LogP contribution in [0.3, 0.4) is 0 Å². The summed E-state index contributed by atoms with van der Waals surface area (Å²) in [6, 6.07) is 1.78. The van der Waals surface area contributed by atoms with Crippen molar-refractivity contribution < 1.29 is 14.1 Å². The van der Waals surface area contributed by atoms with Gasteiger partial charge >= 0.3 is 0 Å². The highest BCUT2D eigenvalue weighted by molar-refractivity contribution is 5.89. The quantitative estimate of drug-likeness (QED) is 0.799. The molecule has 1 saturated heterocycles. The summed E-state index contributed by atoms with van der Waals surface area (Å²) in [5, 5.41) is 6.63. The number of likely N-dealkylation sites (tertiary alicyclic amines) is 1. The van der Waals surface area contributed by atoms with Crippen LogP contribution in [0.15, 0.2) is 10.6 Å². The fraction of sp³-hybridized carbons (Fsp3) is 0.643. The summed E-state index contributed by atoms with van der Waals surface area (Å²) < 4.78 is 4.94. The zero-order valence-corrected chi connectivity index (χ0v) is 12.8. The van der Waals surface area contributed by atoms with Gasteiger partial charge in [-0.1, -0.05) is 5.16 Å². The molecule has 0 aromatic carbocycles. The molecular weight excluding hydrogens is 272 g/mol. The van der Waals surface area contributed by atoms with Gasteiger partial charge in [-0.15, -0.1) is 0 Å². The third-order valence-corrected chi connectivity index (χ3v) is 3.52. The van der Waals surface area contributed by atoms with E-state index in [1.54, 1.807) is 17.9 Å². The van der Waals surface area contributed by atoms with Gasteiger partial charge in [-0.25, -0.2) is 0 Å². The van der Waals surface area contributed by atoms with Crippen LogP contribution in [-0.2, 0) is 16.1 Å². The minimum atomic E-state index is -0.271. The number of aryl methyl sites for hydroxylation is 1. The van der Waals surface area contributed by atoms with Crippen molar-refractivity contribution in [3.8, 4) is 0 Å². The second-order valence-corrected chi connectivity index (χ2v) is 5.69. The number of rotatable bonds is 6. The van der Waals surface area contributed by atoms with Crippen LogP contribution in [-0.4, -0.2) is 60.5 Å².